The molecule has 0 aliphatic rings. The highest BCUT2D eigenvalue weighted by molar-refractivity contribution is 5.69. The molecule has 2 atom stereocenters. The van der Waals surface area contributed by atoms with Gasteiger partial charge in [-0.3, -0.25) is 4.79 Å². The summed E-state index contributed by atoms with van der Waals surface area (Å²) in [5, 5.41) is 9.77. The lowest BCUT2D eigenvalue weighted by Gasteiger charge is -2.22. The van der Waals surface area contributed by atoms with Gasteiger partial charge in [-0.05, 0) is 18.8 Å². The van der Waals surface area contributed by atoms with Crippen LogP contribution in [0.5, 0.6) is 0 Å². The topological polar surface area (TPSA) is 46.5 Å². The van der Waals surface area contributed by atoms with Gasteiger partial charge in [-0.15, -0.1) is 0 Å². The molecule has 1 N–H and O–H groups in total. The molecule has 0 radical (unpaired) electrons. The molecule has 0 rings (SSSR count). The molecule has 0 bridgehead atoms. The van der Waals surface area contributed by atoms with Crippen LogP contribution in [-0.2, 0) is 9.53 Å². The SMILES string of the molecule is CCCC(=O)O[C@@H](CCC)C[C@@H](O)C(C)C. The summed E-state index contributed by atoms with van der Waals surface area (Å²) in [4.78, 5) is 11.4. The third-order valence-electron chi connectivity index (χ3n) is 2.64. The highest BCUT2D eigenvalue weighted by Gasteiger charge is 2.19. The van der Waals surface area contributed by atoms with Crippen molar-refractivity contribution in [3.8, 4) is 0 Å². The van der Waals surface area contributed by atoms with E-state index in [-0.39, 0.29) is 24.1 Å². The van der Waals surface area contributed by atoms with Crippen LogP contribution in [0.3, 0.4) is 0 Å². The van der Waals surface area contributed by atoms with Crippen LogP contribution in [0, 0.1) is 5.92 Å². The van der Waals surface area contributed by atoms with E-state index in [1.54, 1.807) is 0 Å². The van der Waals surface area contributed by atoms with Crippen molar-refractivity contribution < 1.29 is 14.6 Å². The Morgan fingerprint density at radius 1 is 1.25 bits per heavy atom. The summed E-state index contributed by atoms with van der Waals surface area (Å²) >= 11 is 0. The lowest BCUT2D eigenvalue weighted by molar-refractivity contribution is -0.151. The predicted octanol–water partition coefficient (Wildman–Crippen LogP) is 2.91. The smallest absolute Gasteiger partial charge is 0.306 e. The van der Waals surface area contributed by atoms with E-state index in [2.05, 4.69) is 6.92 Å². The first-order chi connectivity index (χ1) is 7.51. The summed E-state index contributed by atoms with van der Waals surface area (Å²) < 4.78 is 5.35. The maximum Gasteiger partial charge on any atom is 0.306 e. The average molecular weight is 230 g/mol. The Labute approximate surface area is 99.2 Å². The maximum atomic E-state index is 11.4. The van der Waals surface area contributed by atoms with Crippen molar-refractivity contribution in [3.05, 3.63) is 0 Å². The quantitative estimate of drug-likeness (QED) is 0.652. The summed E-state index contributed by atoms with van der Waals surface area (Å²) in [5.41, 5.74) is 0. The lowest BCUT2D eigenvalue weighted by Crippen LogP contribution is -2.26. The summed E-state index contributed by atoms with van der Waals surface area (Å²) in [7, 11) is 0. The van der Waals surface area contributed by atoms with E-state index in [0.29, 0.717) is 12.8 Å². The van der Waals surface area contributed by atoms with Gasteiger partial charge in [0.05, 0.1) is 6.10 Å². The Morgan fingerprint density at radius 3 is 2.31 bits per heavy atom. The second-order valence-electron chi connectivity index (χ2n) is 4.70. The lowest BCUT2D eigenvalue weighted by atomic mass is 9.99. The molecule has 0 spiro atoms. The van der Waals surface area contributed by atoms with Crippen molar-refractivity contribution in [1.82, 2.24) is 0 Å². The molecule has 96 valence electrons. The molecule has 0 saturated heterocycles. The molecule has 3 heteroatoms. The zero-order valence-corrected chi connectivity index (χ0v) is 11.0. The van der Waals surface area contributed by atoms with E-state index in [1.807, 2.05) is 20.8 Å². The third kappa shape index (κ3) is 6.83. The number of carbonyl (C=O) groups excluding carboxylic acids is 1. The van der Waals surface area contributed by atoms with E-state index in [1.165, 1.54) is 0 Å². The number of carbonyl (C=O) groups is 1. The summed E-state index contributed by atoms with van der Waals surface area (Å²) in [6.07, 6.45) is 3.13. The number of hydrogen-bond acceptors (Lipinski definition) is 3. The third-order valence-corrected chi connectivity index (χ3v) is 2.64. The minimum atomic E-state index is -0.383. The maximum absolute atomic E-state index is 11.4. The normalized spacial score (nSPS) is 14.9. The average Bonchev–Trinajstić information content (AvgIpc) is 2.17. The van der Waals surface area contributed by atoms with Gasteiger partial charge in [-0.25, -0.2) is 0 Å². The molecule has 0 aromatic carbocycles. The number of rotatable bonds is 8. The van der Waals surface area contributed by atoms with Gasteiger partial charge in [0, 0.05) is 12.8 Å². The van der Waals surface area contributed by atoms with Crippen LogP contribution >= 0.6 is 0 Å². The molecular formula is C13H26O3. The monoisotopic (exact) mass is 230 g/mol. The van der Waals surface area contributed by atoms with Crippen LogP contribution in [0.4, 0.5) is 0 Å². The molecule has 3 nitrogen and oxygen atoms in total. The van der Waals surface area contributed by atoms with Gasteiger partial charge in [0.25, 0.3) is 0 Å². The number of esters is 1. The Balaban J connectivity index is 4.10. The van der Waals surface area contributed by atoms with Crippen LogP contribution in [0.25, 0.3) is 0 Å². The molecular weight excluding hydrogens is 204 g/mol. The van der Waals surface area contributed by atoms with Crippen LogP contribution in [0.2, 0.25) is 0 Å². The first-order valence-corrected chi connectivity index (χ1v) is 6.38. The Hall–Kier alpha value is -0.570. The first-order valence-electron chi connectivity index (χ1n) is 6.38. The van der Waals surface area contributed by atoms with Crippen LogP contribution < -0.4 is 0 Å². The Bertz CT molecular complexity index is 190. The molecule has 0 amide bonds. The van der Waals surface area contributed by atoms with E-state index < -0.39 is 0 Å². The zero-order valence-electron chi connectivity index (χ0n) is 11.0. The van der Waals surface area contributed by atoms with Gasteiger partial charge in [0.1, 0.15) is 6.10 Å². The molecule has 0 aromatic rings. The summed E-state index contributed by atoms with van der Waals surface area (Å²) in [6.45, 7) is 7.96. The Morgan fingerprint density at radius 2 is 1.88 bits per heavy atom. The fourth-order valence-corrected chi connectivity index (χ4v) is 1.54. The highest BCUT2D eigenvalue weighted by atomic mass is 16.5. The molecule has 0 aromatic heterocycles. The molecule has 0 saturated carbocycles. The van der Waals surface area contributed by atoms with Gasteiger partial charge >= 0.3 is 5.97 Å². The largest absolute Gasteiger partial charge is 0.462 e. The minimum absolute atomic E-state index is 0.124. The number of ether oxygens (including phenoxy) is 1. The van der Waals surface area contributed by atoms with E-state index in [9.17, 15) is 9.90 Å². The first kappa shape index (κ1) is 15.4. The fraction of sp³-hybridized carbons (Fsp3) is 0.923. The van der Waals surface area contributed by atoms with Gasteiger partial charge < -0.3 is 9.84 Å². The summed E-state index contributed by atoms with van der Waals surface area (Å²) in [5.74, 6) is 0.0705. The fourth-order valence-electron chi connectivity index (χ4n) is 1.54. The number of hydrogen-bond donors (Lipinski definition) is 1. The van der Waals surface area contributed by atoms with Gasteiger partial charge in [0.2, 0.25) is 0 Å². The van der Waals surface area contributed by atoms with Gasteiger partial charge in [-0.1, -0.05) is 34.1 Å². The van der Waals surface area contributed by atoms with Crippen LogP contribution in [-0.4, -0.2) is 23.3 Å². The van der Waals surface area contributed by atoms with Crippen molar-refractivity contribution in [2.45, 2.75) is 72.0 Å². The minimum Gasteiger partial charge on any atom is -0.462 e. The molecule has 16 heavy (non-hydrogen) atoms. The molecule has 0 aliphatic carbocycles. The molecule has 0 heterocycles. The Kier molecular flexibility index (Phi) is 8.26. The van der Waals surface area contributed by atoms with E-state index in [4.69, 9.17) is 4.74 Å². The van der Waals surface area contributed by atoms with E-state index in [0.717, 1.165) is 19.3 Å². The van der Waals surface area contributed by atoms with Gasteiger partial charge in [-0.2, -0.15) is 0 Å². The van der Waals surface area contributed by atoms with Crippen molar-refractivity contribution >= 4 is 5.97 Å². The summed E-state index contributed by atoms with van der Waals surface area (Å²) in [6, 6.07) is 0. The van der Waals surface area contributed by atoms with E-state index >= 15 is 0 Å². The van der Waals surface area contributed by atoms with Crippen molar-refractivity contribution in [2.75, 3.05) is 0 Å². The number of aliphatic hydroxyl groups excluding tert-OH is 1. The molecule has 0 aliphatic heterocycles. The van der Waals surface area contributed by atoms with Crippen molar-refractivity contribution in [3.63, 3.8) is 0 Å². The van der Waals surface area contributed by atoms with Crippen LogP contribution in [0.15, 0.2) is 0 Å². The second-order valence-corrected chi connectivity index (χ2v) is 4.70. The number of aliphatic hydroxyl groups is 1. The molecule has 0 fully saturated rings. The second kappa shape index (κ2) is 8.57. The molecule has 0 unspecified atom stereocenters. The standard InChI is InChI=1S/C13H26O3/c1-5-7-11(9-12(14)10(3)4)16-13(15)8-6-2/h10-12,14H,5-9H2,1-4H3/t11-,12+/m0/s1. The van der Waals surface area contributed by atoms with Gasteiger partial charge in [0.15, 0.2) is 0 Å². The van der Waals surface area contributed by atoms with Crippen molar-refractivity contribution in [1.29, 1.82) is 0 Å². The van der Waals surface area contributed by atoms with Crippen molar-refractivity contribution in [2.24, 2.45) is 5.92 Å². The predicted molar refractivity (Wildman–Crippen MR) is 65.2 cm³/mol. The zero-order chi connectivity index (χ0) is 12.6. The highest BCUT2D eigenvalue weighted by Crippen LogP contribution is 2.15. The van der Waals surface area contributed by atoms with Crippen LogP contribution in [0.1, 0.15) is 59.8 Å².